The van der Waals surface area contributed by atoms with Gasteiger partial charge in [0.05, 0.1) is 17.8 Å². The first kappa shape index (κ1) is 27.5. The summed E-state index contributed by atoms with van der Waals surface area (Å²) in [5.74, 6) is 0.318. The second-order valence-electron chi connectivity index (χ2n) is 8.02. The van der Waals surface area contributed by atoms with Crippen LogP contribution in [0.2, 0.25) is 0 Å². The Hall–Kier alpha value is -0.750. The van der Waals surface area contributed by atoms with Gasteiger partial charge in [0.15, 0.2) is 0 Å². The number of hydrogen-bond acceptors (Lipinski definition) is 5. The van der Waals surface area contributed by atoms with Crippen LogP contribution in [0.1, 0.15) is 60.8 Å². The minimum atomic E-state index is -0.117. The molecule has 0 saturated heterocycles. The van der Waals surface area contributed by atoms with Gasteiger partial charge in [-0.05, 0) is 53.4 Å². The van der Waals surface area contributed by atoms with Crippen LogP contribution < -0.4 is 0 Å². The fourth-order valence-corrected chi connectivity index (χ4v) is 1.60. The van der Waals surface area contributed by atoms with Crippen molar-refractivity contribution in [2.75, 3.05) is 40.6 Å². The monoisotopic (exact) mass is 374 g/mol. The standard InChI is InChI=1S/C11H22O3.C10H20O2/c1-10(5-7-12)9-14-8-6-11(2,3)13-4;1-9(2)8-12-7-6-10(3,4)11-5/h7,10H,5-6,8-9H2,1-4H3;1,6-8H2,2-5H3. The van der Waals surface area contributed by atoms with Gasteiger partial charge in [0.25, 0.3) is 0 Å². The van der Waals surface area contributed by atoms with E-state index in [-0.39, 0.29) is 11.2 Å². The van der Waals surface area contributed by atoms with Gasteiger partial charge in [0.1, 0.15) is 6.29 Å². The van der Waals surface area contributed by atoms with E-state index in [0.29, 0.717) is 32.2 Å². The quantitative estimate of drug-likeness (QED) is 0.256. The van der Waals surface area contributed by atoms with Crippen molar-refractivity contribution in [1.29, 1.82) is 0 Å². The molecule has 0 rings (SSSR count). The second kappa shape index (κ2) is 15.3. The molecular weight excluding hydrogens is 332 g/mol. The van der Waals surface area contributed by atoms with Crippen LogP contribution in [-0.4, -0.2) is 58.1 Å². The molecule has 5 nitrogen and oxygen atoms in total. The molecule has 0 aliphatic heterocycles. The first-order chi connectivity index (χ1) is 12.0. The molecule has 0 N–H and O–H groups in total. The molecule has 0 bridgehead atoms. The molecule has 156 valence electrons. The van der Waals surface area contributed by atoms with E-state index in [1.54, 1.807) is 14.2 Å². The van der Waals surface area contributed by atoms with Gasteiger partial charge in [-0.25, -0.2) is 0 Å². The average molecular weight is 375 g/mol. The van der Waals surface area contributed by atoms with Crippen LogP contribution in [0.5, 0.6) is 0 Å². The number of methoxy groups -OCH3 is 2. The van der Waals surface area contributed by atoms with Gasteiger partial charge >= 0.3 is 0 Å². The van der Waals surface area contributed by atoms with Crippen LogP contribution in [-0.2, 0) is 23.7 Å². The summed E-state index contributed by atoms with van der Waals surface area (Å²) in [6.07, 6.45) is 3.30. The first-order valence-corrected chi connectivity index (χ1v) is 9.33. The Morgan fingerprint density at radius 1 is 1.00 bits per heavy atom. The van der Waals surface area contributed by atoms with E-state index in [1.165, 1.54) is 0 Å². The van der Waals surface area contributed by atoms with Crippen molar-refractivity contribution < 1.29 is 23.7 Å². The number of rotatable bonds is 14. The number of carbonyl (C=O) groups excluding carboxylic acids is 1. The molecular formula is C21H42O5. The van der Waals surface area contributed by atoms with Crippen LogP contribution in [0.15, 0.2) is 12.2 Å². The predicted molar refractivity (Wildman–Crippen MR) is 108 cm³/mol. The molecule has 0 amide bonds. The van der Waals surface area contributed by atoms with Gasteiger partial charge in [-0.3, -0.25) is 0 Å². The Kier molecular flexibility index (Phi) is 16.2. The van der Waals surface area contributed by atoms with Crippen LogP contribution >= 0.6 is 0 Å². The lowest BCUT2D eigenvalue weighted by atomic mass is 10.1. The molecule has 26 heavy (non-hydrogen) atoms. The lowest BCUT2D eigenvalue weighted by molar-refractivity contribution is -0.109. The zero-order chi connectivity index (χ0) is 20.6. The van der Waals surface area contributed by atoms with Gasteiger partial charge < -0.3 is 23.7 Å². The molecule has 0 aromatic carbocycles. The van der Waals surface area contributed by atoms with Crippen molar-refractivity contribution >= 4 is 6.29 Å². The van der Waals surface area contributed by atoms with Gasteiger partial charge in [0, 0.05) is 40.5 Å². The smallest absolute Gasteiger partial charge is 0.120 e. The normalized spacial score (nSPS) is 12.9. The van der Waals surface area contributed by atoms with E-state index in [2.05, 4.69) is 20.4 Å². The fraction of sp³-hybridized carbons (Fsp3) is 0.857. The highest BCUT2D eigenvalue weighted by atomic mass is 16.5. The predicted octanol–water partition coefficient (Wildman–Crippen LogP) is 4.44. The number of carbonyl (C=O) groups is 1. The Morgan fingerprint density at radius 2 is 1.46 bits per heavy atom. The van der Waals surface area contributed by atoms with Gasteiger partial charge in [-0.15, -0.1) is 0 Å². The molecule has 0 radical (unpaired) electrons. The summed E-state index contributed by atoms with van der Waals surface area (Å²) in [6.45, 7) is 18.6. The number of ether oxygens (including phenoxy) is 4. The molecule has 0 fully saturated rings. The van der Waals surface area contributed by atoms with Crippen molar-refractivity contribution in [3.05, 3.63) is 12.2 Å². The second-order valence-corrected chi connectivity index (χ2v) is 8.02. The molecule has 0 spiro atoms. The molecule has 1 unspecified atom stereocenters. The molecule has 0 aromatic rings. The van der Waals surface area contributed by atoms with Crippen molar-refractivity contribution in [1.82, 2.24) is 0 Å². The van der Waals surface area contributed by atoms with E-state index in [9.17, 15) is 4.79 Å². The van der Waals surface area contributed by atoms with E-state index >= 15 is 0 Å². The van der Waals surface area contributed by atoms with Gasteiger partial charge in [0.2, 0.25) is 0 Å². The minimum absolute atomic E-state index is 0.0743. The molecule has 0 aromatic heterocycles. The maximum Gasteiger partial charge on any atom is 0.120 e. The van der Waals surface area contributed by atoms with Crippen molar-refractivity contribution in [2.24, 2.45) is 5.92 Å². The molecule has 0 aliphatic rings. The lowest BCUT2D eigenvalue weighted by Gasteiger charge is -2.22. The zero-order valence-electron chi connectivity index (χ0n) is 18.4. The van der Waals surface area contributed by atoms with Crippen LogP contribution in [0.4, 0.5) is 0 Å². The SMILES string of the molecule is C=C(C)COCCC(C)(C)OC.COC(C)(C)CCOCC(C)CC=O. The lowest BCUT2D eigenvalue weighted by Crippen LogP contribution is -2.25. The molecule has 0 saturated carbocycles. The summed E-state index contributed by atoms with van der Waals surface area (Å²) < 4.78 is 21.3. The van der Waals surface area contributed by atoms with E-state index < -0.39 is 0 Å². The van der Waals surface area contributed by atoms with Gasteiger partial charge in [-0.2, -0.15) is 0 Å². The molecule has 5 heteroatoms. The molecule has 0 aliphatic carbocycles. The van der Waals surface area contributed by atoms with E-state index in [4.69, 9.17) is 18.9 Å². The Balaban J connectivity index is 0. The first-order valence-electron chi connectivity index (χ1n) is 9.33. The molecule has 1 atom stereocenters. The number of hydrogen-bond donors (Lipinski definition) is 0. The van der Waals surface area contributed by atoms with Crippen molar-refractivity contribution in [2.45, 2.75) is 72.0 Å². The summed E-state index contributed by atoms with van der Waals surface area (Å²) in [5, 5.41) is 0. The highest BCUT2D eigenvalue weighted by Gasteiger charge is 2.16. The summed E-state index contributed by atoms with van der Waals surface area (Å²) >= 11 is 0. The summed E-state index contributed by atoms with van der Waals surface area (Å²) in [4.78, 5) is 10.2. The minimum Gasteiger partial charge on any atom is -0.381 e. The van der Waals surface area contributed by atoms with Crippen LogP contribution in [0, 0.1) is 5.92 Å². The average Bonchev–Trinajstić information content (AvgIpc) is 2.56. The van der Waals surface area contributed by atoms with E-state index in [1.807, 2.05) is 27.7 Å². The summed E-state index contributed by atoms with van der Waals surface area (Å²) in [6, 6.07) is 0. The third kappa shape index (κ3) is 19.6. The van der Waals surface area contributed by atoms with Crippen LogP contribution in [0.3, 0.4) is 0 Å². The van der Waals surface area contributed by atoms with E-state index in [0.717, 1.165) is 31.3 Å². The Morgan fingerprint density at radius 3 is 1.85 bits per heavy atom. The third-order valence-corrected chi connectivity index (χ3v) is 4.05. The summed E-state index contributed by atoms with van der Waals surface area (Å²) in [5.41, 5.74) is 0.869. The maximum atomic E-state index is 10.2. The molecule has 0 heterocycles. The largest absolute Gasteiger partial charge is 0.381 e. The highest BCUT2D eigenvalue weighted by Crippen LogP contribution is 2.13. The van der Waals surface area contributed by atoms with Gasteiger partial charge in [-0.1, -0.05) is 19.1 Å². The highest BCUT2D eigenvalue weighted by molar-refractivity contribution is 5.49. The maximum absolute atomic E-state index is 10.2. The Bertz CT molecular complexity index is 363. The summed E-state index contributed by atoms with van der Waals surface area (Å²) in [7, 11) is 3.42. The zero-order valence-corrected chi connectivity index (χ0v) is 18.4. The Labute approximate surface area is 161 Å². The third-order valence-electron chi connectivity index (χ3n) is 4.05. The topological polar surface area (TPSA) is 54.0 Å². The number of aldehydes is 1. The van der Waals surface area contributed by atoms with Crippen molar-refractivity contribution in [3.63, 3.8) is 0 Å². The van der Waals surface area contributed by atoms with Crippen LogP contribution in [0.25, 0.3) is 0 Å². The fourth-order valence-electron chi connectivity index (χ4n) is 1.60. The van der Waals surface area contributed by atoms with Crippen molar-refractivity contribution in [3.8, 4) is 0 Å².